The maximum atomic E-state index is 10.8. The molecular weight excluding hydrogens is 913 g/mol. The zero-order valence-corrected chi connectivity index (χ0v) is 43.7. The third kappa shape index (κ3) is 13.8. The average Bonchev–Trinajstić information content (AvgIpc) is 3.46. The molecule has 0 saturated heterocycles. The molecule has 0 amide bonds. The van der Waals surface area contributed by atoms with Gasteiger partial charge >= 0.3 is 0 Å². The van der Waals surface area contributed by atoms with Gasteiger partial charge in [0.1, 0.15) is 18.2 Å². The summed E-state index contributed by atoms with van der Waals surface area (Å²) in [5, 5.41) is 32.5. The lowest BCUT2D eigenvalue weighted by Crippen LogP contribution is -2.21. The Hall–Kier alpha value is -9.69. The first-order chi connectivity index (χ1) is 36.7. The van der Waals surface area contributed by atoms with Crippen LogP contribution >= 0.6 is 0 Å². The quantitative estimate of drug-likeness (QED) is 0.0752. The summed E-state index contributed by atoms with van der Waals surface area (Å²) in [5.41, 5.74) is 13.4. The highest BCUT2D eigenvalue weighted by Crippen LogP contribution is 2.33. The SMILES string of the molecule is CCN(CC)c1ccc(C#Cc2ccc(/C=C/c3c(C#N)c(/C=C/c4ccc(C#Cc5ccc(N(CC)CC)cc5)cc4)c(C#N)c(/C=C/c4ccc(C#Cc5ccc(N(CC)CC)cc5)cc4)c3C#N)cc2)cc1. The van der Waals surface area contributed by atoms with E-state index in [0.717, 1.165) is 89.3 Å². The molecule has 0 radical (unpaired) electrons. The Bertz CT molecular complexity index is 3090. The van der Waals surface area contributed by atoms with Gasteiger partial charge in [0.05, 0.1) is 16.7 Å². The lowest BCUT2D eigenvalue weighted by atomic mass is 9.86. The molecule has 0 fully saturated rings. The standard InChI is InChI=1S/C69H60N6/c1-7-73(8-2)61-40-31-58(32-41-61)28-19-52-13-22-55(23-14-52)37-46-64-67(49-70)65(47-38-56-24-15-53(16-25-56)20-29-59-33-42-62(43-34-59)74(9-3)10-4)69(51-72)66(68(64)50-71)48-39-57-26-17-54(18-27-57)21-30-60-35-44-63(45-36-60)75(11-5)12-6/h13-18,22-27,31-48H,7-12H2,1-6H3/b46-37+,47-38+,48-39+. The van der Waals surface area contributed by atoms with E-state index in [0.29, 0.717) is 16.7 Å². The van der Waals surface area contributed by atoms with Gasteiger partial charge in [-0.05, 0) is 167 Å². The number of benzene rings is 7. The first-order valence-electron chi connectivity index (χ1n) is 25.6. The molecule has 0 heterocycles. The molecule has 0 aliphatic carbocycles. The minimum absolute atomic E-state index is 0.224. The molecule has 75 heavy (non-hydrogen) atoms. The van der Waals surface area contributed by atoms with E-state index in [1.54, 1.807) is 18.2 Å². The summed E-state index contributed by atoms with van der Waals surface area (Å²) in [6, 6.07) is 55.5. The highest BCUT2D eigenvalue weighted by molar-refractivity contribution is 5.90. The lowest BCUT2D eigenvalue weighted by Gasteiger charge is -2.20. The summed E-state index contributed by atoms with van der Waals surface area (Å²) in [6.07, 6.45) is 11.0. The van der Waals surface area contributed by atoms with Gasteiger partial charge < -0.3 is 14.7 Å². The molecule has 7 aromatic rings. The molecule has 6 heteroatoms. The molecule has 0 aliphatic heterocycles. The number of anilines is 3. The second-order valence-electron chi connectivity index (χ2n) is 17.5. The van der Waals surface area contributed by atoms with Crippen LogP contribution in [0.4, 0.5) is 17.1 Å². The van der Waals surface area contributed by atoms with Crippen molar-refractivity contribution in [3.8, 4) is 53.7 Å². The number of rotatable bonds is 15. The van der Waals surface area contributed by atoms with Gasteiger partial charge in [-0.3, -0.25) is 0 Å². The van der Waals surface area contributed by atoms with Crippen LogP contribution in [0.5, 0.6) is 0 Å². The predicted octanol–water partition coefficient (Wildman–Crippen LogP) is 14.6. The van der Waals surface area contributed by atoms with Crippen LogP contribution in [0.1, 0.15) is 125 Å². The van der Waals surface area contributed by atoms with E-state index in [2.05, 4.69) is 146 Å². The maximum Gasteiger partial charge on any atom is 0.100 e. The van der Waals surface area contributed by atoms with E-state index in [4.69, 9.17) is 0 Å². The highest BCUT2D eigenvalue weighted by atomic mass is 15.1. The van der Waals surface area contributed by atoms with Crippen LogP contribution in [-0.4, -0.2) is 39.3 Å². The predicted molar refractivity (Wildman–Crippen MR) is 315 cm³/mol. The second kappa shape index (κ2) is 26.7. The van der Waals surface area contributed by atoms with E-state index in [9.17, 15) is 15.8 Å². The van der Waals surface area contributed by atoms with E-state index in [1.165, 1.54) is 17.1 Å². The van der Waals surface area contributed by atoms with Gasteiger partial charge in [0.15, 0.2) is 0 Å². The summed E-state index contributed by atoms with van der Waals surface area (Å²) in [5.74, 6) is 19.6. The number of hydrogen-bond acceptors (Lipinski definition) is 6. The Morgan fingerprint density at radius 2 is 0.467 bits per heavy atom. The molecule has 366 valence electrons. The second-order valence-corrected chi connectivity index (χ2v) is 17.5. The molecule has 0 saturated carbocycles. The topological polar surface area (TPSA) is 81.1 Å². The fourth-order valence-electron chi connectivity index (χ4n) is 8.71. The third-order valence-corrected chi connectivity index (χ3v) is 13.1. The first kappa shape index (κ1) is 53.1. The molecule has 0 spiro atoms. The van der Waals surface area contributed by atoms with E-state index in [1.807, 2.05) is 127 Å². The van der Waals surface area contributed by atoms with Crippen molar-refractivity contribution < 1.29 is 0 Å². The summed E-state index contributed by atoms with van der Waals surface area (Å²) < 4.78 is 0. The normalized spacial score (nSPS) is 10.6. The molecule has 0 N–H and O–H groups in total. The Kier molecular flexibility index (Phi) is 18.9. The monoisotopic (exact) mass is 972 g/mol. The summed E-state index contributed by atoms with van der Waals surface area (Å²) in [7, 11) is 0. The van der Waals surface area contributed by atoms with Crippen LogP contribution in [0.25, 0.3) is 36.5 Å². The minimum atomic E-state index is 0.224. The minimum Gasteiger partial charge on any atom is -0.372 e. The van der Waals surface area contributed by atoms with Crippen molar-refractivity contribution in [1.29, 1.82) is 15.8 Å². The van der Waals surface area contributed by atoms with Gasteiger partial charge in [0.2, 0.25) is 0 Å². The highest BCUT2D eigenvalue weighted by Gasteiger charge is 2.21. The average molecular weight is 973 g/mol. The maximum absolute atomic E-state index is 10.8. The lowest BCUT2D eigenvalue weighted by molar-refractivity contribution is 0.866. The largest absolute Gasteiger partial charge is 0.372 e. The van der Waals surface area contributed by atoms with Gasteiger partial charge in [-0.15, -0.1) is 0 Å². The van der Waals surface area contributed by atoms with Crippen LogP contribution in [0.2, 0.25) is 0 Å². The molecule has 0 aromatic heterocycles. The molecule has 7 aromatic carbocycles. The zero-order valence-electron chi connectivity index (χ0n) is 43.7. The van der Waals surface area contributed by atoms with E-state index < -0.39 is 0 Å². The van der Waals surface area contributed by atoms with Crippen LogP contribution in [-0.2, 0) is 0 Å². The van der Waals surface area contributed by atoms with Crippen LogP contribution in [0, 0.1) is 69.5 Å². The van der Waals surface area contributed by atoms with Crippen LogP contribution in [0.3, 0.4) is 0 Å². The van der Waals surface area contributed by atoms with Crippen molar-refractivity contribution in [2.45, 2.75) is 41.5 Å². The fourth-order valence-corrected chi connectivity index (χ4v) is 8.71. The van der Waals surface area contributed by atoms with Gasteiger partial charge in [-0.2, -0.15) is 15.8 Å². The van der Waals surface area contributed by atoms with Crippen LogP contribution < -0.4 is 14.7 Å². The molecule has 0 bridgehead atoms. The summed E-state index contributed by atoms with van der Waals surface area (Å²) >= 11 is 0. The molecule has 6 nitrogen and oxygen atoms in total. The molecule has 0 atom stereocenters. The van der Waals surface area contributed by atoms with Crippen LogP contribution in [0.15, 0.2) is 146 Å². The smallest absolute Gasteiger partial charge is 0.100 e. The Labute approximate surface area is 445 Å². The Balaban J connectivity index is 1.20. The van der Waals surface area contributed by atoms with Gasteiger partial charge in [-0.1, -0.05) is 108 Å². The van der Waals surface area contributed by atoms with Crippen molar-refractivity contribution in [1.82, 2.24) is 0 Å². The summed E-state index contributed by atoms with van der Waals surface area (Å²) in [4.78, 5) is 6.90. The Morgan fingerprint density at radius 1 is 0.280 bits per heavy atom. The fraction of sp³-hybridized carbons (Fsp3) is 0.174. The van der Waals surface area contributed by atoms with Crippen molar-refractivity contribution in [2.24, 2.45) is 0 Å². The van der Waals surface area contributed by atoms with Crippen molar-refractivity contribution in [3.63, 3.8) is 0 Å². The molecule has 7 rings (SSSR count). The van der Waals surface area contributed by atoms with E-state index in [-0.39, 0.29) is 16.7 Å². The Morgan fingerprint density at radius 3 is 0.640 bits per heavy atom. The third-order valence-electron chi connectivity index (χ3n) is 13.1. The van der Waals surface area contributed by atoms with Crippen molar-refractivity contribution in [3.05, 3.63) is 229 Å². The zero-order chi connectivity index (χ0) is 52.9. The van der Waals surface area contributed by atoms with E-state index >= 15 is 0 Å². The number of nitriles is 3. The van der Waals surface area contributed by atoms with Gasteiger partial charge in [0.25, 0.3) is 0 Å². The first-order valence-corrected chi connectivity index (χ1v) is 25.6. The summed E-state index contributed by atoms with van der Waals surface area (Å²) in [6.45, 7) is 18.6. The molecular formula is C69H60N6. The van der Waals surface area contributed by atoms with Gasteiger partial charge in [-0.25, -0.2) is 0 Å². The number of hydrogen-bond donors (Lipinski definition) is 0. The molecule has 0 aliphatic rings. The molecule has 0 unspecified atom stereocenters. The van der Waals surface area contributed by atoms with Crippen molar-refractivity contribution >= 4 is 53.5 Å². The van der Waals surface area contributed by atoms with Gasteiger partial charge in [0, 0.05) is 106 Å². The number of nitrogens with zero attached hydrogens (tertiary/aromatic N) is 6. The van der Waals surface area contributed by atoms with Crippen molar-refractivity contribution in [2.75, 3.05) is 54.0 Å².